The van der Waals surface area contributed by atoms with Gasteiger partial charge in [-0.3, -0.25) is 0 Å². The van der Waals surface area contributed by atoms with E-state index in [-0.39, 0.29) is 6.04 Å². The van der Waals surface area contributed by atoms with Gasteiger partial charge in [-0.2, -0.15) is 0 Å². The van der Waals surface area contributed by atoms with Crippen LogP contribution in [0.4, 0.5) is 0 Å². The summed E-state index contributed by atoms with van der Waals surface area (Å²) in [5, 5.41) is 3.82. The molecule has 0 aliphatic heterocycles. The fourth-order valence-electron chi connectivity index (χ4n) is 3.99. The molecule has 1 nitrogen and oxygen atoms in total. The highest BCUT2D eigenvalue weighted by Crippen LogP contribution is 2.28. The second-order valence-electron chi connectivity index (χ2n) is 7.37. The van der Waals surface area contributed by atoms with E-state index in [9.17, 15) is 0 Å². The standard InChI is InChI=1S/C28H27N/c1-5-13-23(14-6-1)27(24-15-7-2-8-16-24)21-22-29-28(25-17-9-3-10-18-25)26-19-11-4-12-20-26/h1-20,27-29H,21-22H2. The number of rotatable bonds is 8. The van der Waals surface area contributed by atoms with Crippen LogP contribution in [0.5, 0.6) is 0 Å². The van der Waals surface area contributed by atoms with Gasteiger partial charge >= 0.3 is 0 Å². The van der Waals surface area contributed by atoms with E-state index in [1.54, 1.807) is 0 Å². The molecule has 0 radical (unpaired) electrons. The molecule has 0 unspecified atom stereocenters. The molecule has 0 amide bonds. The Morgan fingerprint density at radius 1 is 0.448 bits per heavy atom. The van der Waals surface area contributed by atoms with E-state index in [0.717, 1.165) is 13.0 Å². The molecule has 0 saturated carbocycles. The molecule has 0 aromatic heterocycles. The largest absolute Gasteiger partial charge is 0.306 e. The van der Waals surface area contributed by atoms with Crippen LogP contribution < -0.4 is 5.32 Å². The molecule has 0 saturated heterocycles. The van der Waals surface area contributed by atoms with Crippen molar-refractivity contribution in [3.8, 4) is 0 Å². The van der Waals surface area contributed by atoms with E-state index < -0.39 is 0 Å². The minimum atomic E-state index is 0.199. The Labute approximate surface area is 174 Å². The van der Waals surface area contributed by atoms with Crippen LogP contribution >= 0.6 is 0 Å². The van der Waals surface area contributed by atoms with Crippen LogP contribution in [0.2, 0.25) is 0 Å². The Hall–Kier alpha value is -3.16. The maximum absolute atomic E-state index is 3.82. The number of benzene rings is 4. The van der Waals surface area contributed by atoms with Gasteiger partial charge in [0.05, 0.1) is 6.04 Å². The Morgan fingerprint density at radius 3 is 1.17 bits per heavy atom. The van der Waals surface area contributed by atoms with Gasteiger partial charge in [-0.25, -0.2) is 0 Å². The third-order valence-electron chi connectivity index (χ3n) is 5.45. The van der Waals surface area contributed by atoms with Crippen molar-refractivity contribution in [1.29, 1.82) is 0 Å². The third-order valence-corrected chi connectivity index (χ3v) is 5.45. The monoisotopic (exact) mass is 377 g/mol. The Balaban J connectivity index is 1.53. The summed E-state index contributed by atoms with van der Waals surface area (Å²) in [6.07, 6.45) is 1.05. The van der Waals surface area contributed by atoms with Crippen molar-refractivity contribution in [1.82, 2.24) is 5.32 Å². The molecule has 0 atom stereocenters. The van der Waals surface area contributed by atoms with Crippen LogP contribution in [0.15, 0.2) is 121 Å². The highest BCUT2D eigenvalue weighted by molar-refractivity contribution is 5.33. The number of nitrogens with one attached hydrogen (secondary N) is 1. The van der Waals surface area contributed by atoms with Crippen LogP contribution in [-0.2, 0) is 0 Å². The zero-order chi connectivity index (χ0) is 19.7. The molecule has 0 spiro atoms. The third kappa shape index (κ3) is 5.01. The van der Waals surface area contributed by atoms with E-state index >= 15 is 0 Å². The molecule has 0 heterocycles. The zero-order valence-corrected chi connectivity index (χ0v) is 16.6. The van der Waals surface area contributed by atoms with Gasteiger partial charge < -0.3 is 5.32 Å². The molecule has 0 fully saturated rings. The van der Waals surface area contributed by atoms with E-state index in [2.05, 4.69) is 127 Å². The molecule has 1 heteroatoms. The molecule has 1 N–H and O–H groups in total. The molecule has 29 heavy (non-hydrogen) atoms. The van der Waals surface area contributed by atoms with Crippen LogP contribution in [-0.4, -0.2) is 6.54 Å². The van der Waals surface area contributed by atoms with Gasteiger partial charge in [0.1, 0.15) is 0 Å². The van der Waals surface area contributed by atoms with Crippen LogP contribution in [0, 0.1) is 0 Å². The van der Waals surface area contributed by atoms with Gasteiger partial charge in [-0.05, 0) is 35.2 Å². The van der Waals surface area contributed by atoms with E-state index in [4.69, 9.17) is 0 Å². The van der Waals surface area contributed by atoms with Gasteiger partial charge in [-0.1, -0.05) is 121 Å². The quantitative estimate of drug-likeness (QED) is 0.365. The van der Waals surface area contributed by atoms with Crippen molar-refractivity contribution in [2.24, 2.45) is 0 Å². The summed E-state index contributed by atoms with van der Waals surface area (Å²) in [5.41, 5.74) is 5.34. The summed E-state index contributed by atoms with van der Waals surface area (Å²) in [6, 6.07) is 43.3. The predicted octanol–water partition coefficient (Wildman–Crippen LogP) is 6.59. The Bertz CT molecular complexity index is 804. The van der Waals surface area contributed by atoms with E-state index in [0.29, 0.717) is 5.92 Å². The fraction of sp³-hybridized carbons (Fsp3) is 0.143. The zero-order valence-electron chi connectivity index (χ0n) is 16.6. The first-order valence-electron chi connectivity index (χ1n) is 10.3. The first-order chi connectivity index (χ1) is 14.4. The van der Waals surface area contributed by atoms with Crippen molar-refractivity contribution in [2.45, 2.75) is 18.4 Å². The van der Waals surface area contributed by atoms with E-state index in [1.165, 1.54) is 22.3 Å². The van der Waals surface area contributed by atoms with Crippen molar-refractivity contribution in [2.75, 3.05) is 6.54 Å². The molecule has 0 aliphatic rings. The second-order valence-corrected chi connectivity index (χ2v) is 7.37. The van der Waals surface area contributed by atoms with Gasteiger partial charge in [-0.15, -0.1) is 0 Å². The summed E-state index contributed by atoms with van der Waals surface area (Å²) in [4.78, 5) is 0. The summed E-state index contributed by atoms with van der Waals surface area (Å²) in [5.74, 6) is 0.386. The molecule has 0 aliphatic carbocycles. The fourth-order valence-corrected chi connectivity index (χ4v) is 3.99. The van der Waals surface area contributed by atoms with Crippen molar-refractivity contribution < 1.29 is 0 Å². The topological polar surface area (TPSA) is 12.0 Å². The lowest BCUT2D eigenvalue weighted by molar-refractivity contribution is 0.561. The average Bonchev–Trinajstić information content (AvgIpc) is 2.81. The lowest BCUT2D eigenvalue weighted by Crippen LogP contribution is -2.25. The van der Waals surface area contributed by atoms with Gasteiger partial charge in [0.15, 0.2) is 0 Å². The molecule has 4 aromatic carbocycles. The molecular formula is C28H27N. The summed E-state index contributed by atoms with van der Waals surface area (Å²) >= 11 is 0. The van der Waals surface area contributed by atoms with Crippen LogP contribution in [0.3, 0.4) is 0 Å². The number of hydrogen-bond acceptors (Lipinski definition) is 1. The van der Waals surface area contributed by atoms with Crippen molar-refractivity contribution in [3.63, 3.8) is 0 Å². The maximum atomic E-state index is 3.82. The first kappa shape index (κ1) is 19.2. The SMILES string of the molecule is c1ccc(C(CCNC(c2ccccc2)c2ccccc2)c2ccccc2)cc1. The molecule has 0 bridgehead atoms. The normalized spacial score (nSPS) is 11.1. The minimum Gasteiger partial charge on any atom is -0.306 e. The van der Waals surface area contributed by atoms with Gasteiger partial charge in [0.2, 0.25) is 0 Å². The van der Waals surface area contributed by atoms with Crippen LogP contribution in [0.25, 0.3) is 0 Å². The molecule has 144 valence electrons. The molecule has 4 rings (SSSR count). The summed E-state index contributed by atoms with van der Waals surface area (Å²) < 4.78 is 0. The smallest absolute Gasteiger partial charge is 0.0576 e. The van der Waals surface area contributed by atoms with Crippen LogP contribution in [0.1, 0.15) is 40.6 Å². The lowest BCUT2D eigenvalue weighted by Gasteiger charge is -2.23. The van der Waals surface area contributed by atoms with Gasteiger partial charge in [0, 0.05) is 5.92 Å². The van der Waals surface area contributed by atoms with Crippen molar-refractivity contribution >= 4 is 0 Å². The Morgan fingerprint density at radius 2 is 0.793 bits per heavy atom. The molecular weight excluding hydrogens is 350 g/mol. The van der Waals surface area contributed by atoms with E-state index in [1.807, 2.05) is 0 Å². The minimum absolute atomic E-state index is 0.199. The maximum Gasteiger partial charge on any atom is 0.0576 e. The summed E-state index contributed by atoms with van der Waals surface area (Å²) in [6.45, 7) is 0.933. The Kier molecular flexibility index (Phi) is 6.52. The number of hydrogen-bond donors (Lipinski definition) is 1. The average molecular weight is 378 g/mol. The second kappa shape index (κ2) is 9.86. The summed E-state index contributed by atoms with van der Waals surface area (Å²) in [7, 11) is 0. The predicted molar refractivity (Wildman–Crippen MR) is 122 cm³/mol. The lowest BCUT2D eigenvalue weighted by atomic mass is 9.88. The highest BCUT2D eigenvalue weighted by atomic mass is 14.9. The van der Waals surface area contributed by atoms with Gasteiger partial charge in [0.25, 0.3) is 0 Å². The molecule has 4 aromatic rings. The first-order valence-corrected chi connectivity index (χ1v) is 10.3. The highest BCUT2D eigenvalue weighted by Gasteiger charge is 2.17. The van der Waals surface area contributed by atoms with Crippen molar-refractivity contribution in [3.05, 3.63) is 144 Å².